The number of halogens is 1. The number of amidine groups is 1. The predicted octanol–water partition coefficient (Wildman–Crippen LogP) is 6.23. The first-order valence-electron chi connectivity index (χ1n) is 9.39. The van der Waals surface area contributed by atoms with Gasteiger partial charge in [0.25, 0.3) is 5.91 Å². The lowest BCUT2D eigenvalue weighted by atomic mass is 10.1. The van der Waals surface area contributed by atoms with Gasteiger partial charge >= 0.3 is 0 Å². The van der Waals surface area contributed by atoms with E-state index in [9.17, 15) is 4.79 Å². The fourth-order valence-corrected chi connectivity index (χ4v) is 4.17. The summed E-state index contributed by atoms with van der Waals surface area (Å²) < 4.78 is 6.76. The zero-order valence-corrected chi connectivity index (χ0v) is 18.7. The van der Waals surface area contributed by atoms with Gasteiger partial charge in [-0.15, -0.1) is 0 Å². The first kappa shape index (κ1) is 20.4. The summed E-state index contributed by atoms with van der Waals surface area (Å²) in [5.74, 6) is 0.609. The highest BCUT2D eigenvalue weighted by molar-refractivity contribution is 9.10. The van der Waals surface area contributed by atoms with Crippen LogP contribution in [0.1, 0.15) is 16.7 Å². The number of carbonyl (C=O) groups is 1. The number of hydrogen-bond donors (Lipinski definition) is 1. The van der Waals surface area contributed by atoms with Crippen molar-refractivity contribution >= 4 is 50.5 Å². The van der Waals surface area contributed by atoms with Crippen molar-refractivity contribution in [3.8, 4) is 5.75 Å². The molecule has 0 aromatic heterocycles. The molecule has 4 nitrogen and oxygen atoms in total. The fourth-order valence-electron chi connectivity index (χ4n) is 2.82. The molecule has 1 saturated heterocycles. The molecule has 1 aliphatic heterocycles. The van der Waals surface area contributed by atoms with Gasteiger partial charge in [0.1, 0.15) is 12.4 Å². The van der Waals surface area contributed by atoms with E-state index in [0.29, 0.717) is 16.7 Å². The summed E-state index contributed by atoms with van der Waals surface area (Å²) in [5, 5.41) is 3.39. The van der Waals surface area contributed by atoms with E-state index in [2.05, 4.69) is 57.4 Å². The van der Waals surface area contributed by atoms with E-state index < -0.39 is 0 Å². The maximum Gasteiger partial charge on any atom is 0.264 e. The standard InChI is InChI=1S/C24H19BrN2O2S/c1-16-7-9-17(10-8-16)15-29-21-12-11-18(13-20(21)25)14-22-23(28)27-24(30-22)26-19-5-3-2-4-6-19/h2-14H,15H2,1H3,(H,26,27,28). The van der Waals surface area contributed by atoms with Crippen LogP contribution in [0, 0.1) is 6.92 Å². The molecule has 1 amide bonds. The van der Waals surface area contributed by atoms with Gasteiger partial charge < -0.3 is 10.1 Å². The molecule has 1 heterocycles. The number of aliphatic imine (C=N–C) groups is 1. The number of nitrogens with one attached hydrogen (secondary N) is 1. The molecule has 3 aromatic rings. The van der Waals surface area contributed by atoms with E-state index in [0.717, 1.165) is 27.0 Å². The van der Waals surface area contributed by atoms with Gasteiger partial charge in [-0.25, -0.2) is 4.99 Å². The minimum Gasteiger partial charge on any atom is -0.488 e. The van der Waals surface area contributed by atoms with Gasteiger partial charge in [0.05, 0.1) is 15.1 Å². The Morgan fingerprint density at radius 3 is 2.57 bits per heavy atom. The lowest BCUT2D eigenvalue weighted by molar-refractivity contribution is -0.115. The van der Waals surface area contributed by atoms with E-state index in [1.165, 1.54) is 17.3 Å². The van der Waals surface area contributed by atoms with E-state index >= 15 is 0 Å². The first-order valence-corrected chi connectivity index (χ1v) is 11.0. The Kier molecular flexibility index (Phi) is 6.35. The third kappa shape index (κ3) is 5.20. The smallest absolute Gasteiger partial charge is 0.264 e. The van der Waals surface area contributed by atoms with Crippen LogP contribution in [-0.4, -0.2) is 11.1 Å². The number of rotatable bonds is 5. The highest BCUT2D eigenvalue weighted by atomic mass is 79.9. The number of carbonyl (C=O) groups excluding carboxylic acids is 1. The van der Waals surface area contributed by atoms with E-state index in [4.69, 9.17) is 4.74 Å². The van der Waals surface area contributed by atoms with E-state index in [1.807, 2.05) is 54.6 Å². The zero-order chi connectivity index (χ0) is 20.9. The molecule has 0 spiro atoms. The van der Waals surface area contributed by atoms with Crippen LogP contribution in [0.25, 0.3) is 6.08 Å². The maximum atomic E-state index is 12.3. The molecule has 6 heteroatoms. The van der Waals surface area contributed by atoms with Crippen molar-refractivity contribution in [2.75, 3.05) is 0 Å². The topological polar surface area (TPSA) is 50.7 Å². The quantitative estimate of drug-likeness (QED) is 0.442. The highest BCUT2D eigenvalue weighted by Crippen LogP contribution is 2.31. The van der Waals surface area contributed by atoms with E-state index in [-0.39, 0.29) is 5.91 Å². The summed E-state index contributed by atoms with van der Waals surface area (Å²) in [6.45, 7) is 2.56. The minimum atomic E-state index is -0.148. The molecule has 0 bridgehead atoms. The summed E-state index contributed by atoms with van der Waals surface area (Å²) in [6, 6.07) is 23.6. The Labute approximate surface area is 188 Å². The Morgan fingerprint density at radius 2 is 1.83 bits per heavy atom. The summed E-state index contributed by atoms with van der Waals surface area (Å²) in [6.07, 6.45) is 1.85. The summed E-state index contributed by atoms with van der Waals surface area (Å²) in [4.78, 5) is 17.4. The van der Waals surface area contributed by atoms with Crippen molar-refractivity contribution in [2.24, 2.45) is 4.99 Å². The Bertz CT molecular complexity index is 1130. The third-order valence-electron chi connectivity index (χ3n) is 4.41. The first-order chi connectivity index (χ1) is 14.6. The normalized spacial score (nSPS) is 16.1. The summed E-state index contributed by atoms with van der Waals surface area (Å²) >= 11 is 4.90. The molecule has 0 aliphatic carbocycles. The molecule has 0 saturated carbocycles. The molecule has 1 fully saturated rings. The van der Waals surface area contributed by atoms with Crippen LogP contribution in [0.3, 0.4) is 0 Å². The predicted molar refractivity (Wildman–Crippen MR) is 127 cm³/mol. The highest BCUT2D eigenvalue weighted by Gasteiger charge is 2.23. The van der Waals surface area contributed by atoms with Gasteiger partial charge in [-0.3, -0.25) is 4.79 Å². The van der Waals surface area contributed by atoms with Crippen LogP contribution in [0.5, 0.6) is 5.75 Å². The lowest BCUT2D eigenvalue weighted by Crippen LogP contribution is -2.19. The number of amides is 1. The monoisotopic (exact) mass is 478 g/mol. The van der Waals surface area contributed by atoms with Crippen LogP contribution >= 0.6 is 27.7 Å². The SMILES string of the molecule is Cc1ccc(COc2ccc(C=C3SC(=Nc4ccccc4)NC3=O)cc2Br)cc1. The third-order valence-corrected chi connectivity index (χ3v) is 5.94. The van der Waals surface area contributed by atoms with E-state index in [1.54, 1.807) is 0 Å². The molecule has 1 aliphatic rings. The molecule has 1 N–H and O–H groups in total. The Morgan fingerprint density at radius 1 is 1.07 bits per heavy atom. The average Bonchev–Trinajstić information content (AvgIpc) is 3.08. The number of benzene rings is 3. The van der Waals surface area contributed by atoms with Crippen LogP contribution in [0.4, 0.5) is 5.69 Å². The second-order valence-corrected chi connectivity index (χ2v) is 8.67. The number of ether oxygens (including phenoxy) is 1. The largest absolute Gasteiger partial charge is 0.488 e. The van der Waals surface area contributed by atoms with Crippen molar-refractivity contribution in [1.82, 2.24) is 5.32 Å². The van der Waals surface area contributed by atoms with Gasteiger partial charge in [-0.05, 0) is 76.1 Å². The van der Waals surface area contributed by atoms with Crippen molar-refractivity contribution < 1.29 is 9.53 Å². The molecule has 150 valence electrons. The van der Waals surface area contributed by atoms with Crippen LogP contribution in [0.15, 0.2) is 87.2 Å². The zero-order valence-electron chi connectivity index (χ0n) is 16.3. The summed E-state index contributed by atoms with van der Waals surface area (Å²) in [7, 11) is 0. The van der Waals surface area contributed by atoms with Gasteiger partial charge in [-0.1, -0.05) is 54.1 Å². The number of nitrogens with zero attached hydrogens (tertiary/aromatic N) is 1. The van der Waals surface area contributed by atoms with Crippen molar-refractivity contribution in [2.45, 2.75) is 13.5 Å². The molecular formula is C24H19BrN2O2S. The van der Waals surface area contributed by atoms with Crippen molar-refractivity contribution in [3.63, 3.8) is 0 Å². The van der Waals surface area contributed by atoms with Gasteiger partial charge in [-0.2, -0.15) is 0 Å². The Hall–Kier alpha value is -2.83. The van der Waals surface area contributed by atoms with Crippen molar-refractivity contribution in [3.05, 3.63) is 98.9 Å². The van der Waals surface area contributed by atoms with Gasteiger partial charge in [0.15, 0.2) is 5.17 Å². The van der Waals surface area contributed by atoms with Crippen LogP contribution < -0.4 is 10.1 Å². The molecular weight excluding hydrogens is 460 g/mol. The van der Waals surface area contributed by atoms with Gasteiger partial charge in [0.2, 0.25) is 0 Å². The lowest BCUT2D eigenvalue weighted by Gasteiger charge is -2.09. The minimum absolute atomic E-state index is 0.148. The molecule has 0 unspecified atom stereocenters. The molecule has 3 aromatic carbocycles. The van der Waals surface area contributed by atoms with Gasteiger partial charge in [0, 0.05) is 0 Å². The van der Waals surface area contributed by atoms with Crippen LogP contribution in [0.2, 0.25) is 0 Å². The molecule has 0 radical (unpaired) electrons. The van der Waals surface area contributed by atoms with Crippen LogP contribution in [-0.2, 0) is 11.4 Å². The maximum absolute atomic E-state index is 12.3. The second kappa shape index (κ2) is 9.32. The Balaban J connectivity index is 1.45. The van der Waals surface area contributed by atoms with Crippen molar-refractivity contribution in [1.29, 1.82) is 0 Å². The fraction of sp³-hybridized carbons (Fsp3) is 0.0833. The second-order valence-electron chi connectivity index (χ2n) is 6.78. The molecule has 0 atom stereocenters. The number of aryl methyl sites for hydroxylation is 1. The number of para-hydroxylation sites is 1. The average molecular weight is 479 g/mol. The summed E-state index contributed by atoms with van der Waals surface area (Å²) in [5.41, 5.74) is 4.05. The number of hydrogen-bond acceptors (Lipinski definition) is 4. The molecule has 30 heavy (non-hydrogen) atoms. The number of thioether (sulfide) groups is 1. The molecule has 4 rings (SSSR count).